The molecule has 0 bridgehead atoms. The van der Waals surface area contributed by atoms with Gasteiger partial charge in [-0.3, -0.25) is 9.59 Å². The lowest BCUT2D eigenvalue weighted by Crippen LogP contribution is -2.55. The number of halogens is 3. The van der Waals surface area contributed by atoms with Crippen molar-refractivity contribution in [2.24, 2.45) is 0 Å². The van der Waals surface area contributed by atoms with Crippen LogP contribution < -0.4 is 5.32 Å². The Bertz CT molecular complexity index is 708. The van der Waals surface area contributed by atoms with Crippen LogP contribution >= 0.6 is 0 Å². The Morgan fingerprint density at radius 2 is 2.08 bits per heavy atom. The zero-order valence-electron chi connectivity index (χ0n) is 13.5. The van der Waals surface area contributed by atoms with Crippen LogP contribution in [0.4, 0.5) is 18.9 Å². The molecule has 1 aromatic rings. The van der Waals surface area contributed by atoms with Gasteiger partial charge in [-0.15, -0.1) is 0 Å². The molecular weight excluding hydrogens is 357 g/mol. The van der Waals surface area contributed by atoms with Crippen LogP contribution in [0.25, 0.3) is 0 Å². The minimum atomic E-state index is -4.71. The number of rotatable bonds is 4. The summed E-state index contributed by atoms with van der Waals surface area (Å²) in [7, 11) is 0. The number of carbonyl (C=O) groups excluding carboxylic acids is 2. The molecule has 1 saturated heterocycles. The molecule has 1 aliphatic heterocycles. The van der Waals surface area contributed by atoms with E-state index in [0.29, 0.717) is 0 Å². The van der Waals surface area contributed by atoms with Gasteiger partial charge in [0.05, 0.1) is 24.8 Å². The Morgan fingerprint density at radius 3 is 2.65 bits per heavy atom. The Labute approximate surface area is 146 Å². The van der Waals surface area contributed by atoms with Gasteiger partial charge in [0.15, 0.2) is 6.10 Å². The number of phenolic OH excluding ortho intramolecular Hbond substituents is 1. The molecule has 2 atom stereocenters. The second-order valence-electron chi connectivity index (χ2n) is 5.61. The summed E-state index contributed by atoms with van der Waals surface area (Å²) in [5.74, 6) is -1.90. The van der Waals surface area contributed by atoms with Crippen molar-refractivity contribution in [1.29, 1.82) is 0 Å². The first-order chi connectivity index (χ1) is 12.2. The summed E-state index contributed by atoms with van der Waals surface area (Å²) in [5, 5.41) is 21.4. The van der Waals surface area contributed by atoms with Crippen LogP contribution in [0, 0.1) is 0 Å². The SMILES string of the molecule is C=CC(=O)Nc1ccc(O)c(C(=O)N2CC(CO)OC(C(F)(F)F)C2)c1. The lowest BCUT2D eigenvalue weighted by Gasteiger charge is -2.38. The molecule has 0 aromatic heterocycles. The first-order valence-corrected chi connectivity index (χ1v) is 7.54. The lowest BCUT2D eigenvalue weighted by molar-refractivity contribution is -0.252. The molecule has 0 saturated carbocycles. The molecule has 1 fully saturated rings. The molecule has 2 unspecified atom stereocenters. The van der Waals surface area contributed by atoms with Crippen LogP contribution in [0.1, 0.15) is 10.4 Å². The molecule has 2 rings (SSSR count). The van der Waals surface area contributed by atoms with E-state index >= 15 is 0 Å². The number of anilines is 1. The molecule has 0 aliphatic carbocycles. The minimum absolute atomic E-state index is 0.162. The Morgan fingerprint density at radius 1 is 1.38 bits per heavy atom. The summed E-state index contributed by atoms with van der Waals surface area (Å²) in [6.07, 6.45) is -7.17. The largest absolute Gasteiger partial charge is 0.507 e. The highest BCUT2D eigenvalue weighted by Gasteiger charge is 2.46. The van der Waals surface area contributed by atoms with Crippen molar-refractivity contribution in [2.45, 2.75) is 18.4 Å². The second kappa shape index (κ2) is 7.75. The second-order valence-corrected chi connectivity index (χ2v) is 5.61. The van der Waals surface area contributed by atoms with E-state index in [0.717, 1.165) is 23.1 Å². The molecule has 26 heavy (non-hydrogen) atoms. The van der Waals surface area contributed by atoms with Gasteiger partial charge in [0, 0.05) is 12.2 Å². The zero-order chi connectivity index (χ0) is 19.5. The van der Waals surface area contributed by atoms with Crippen LogP contribution in [-0.4, -0.2) is 65.0 Å². The topological polar surface area (TPSA) is 99.1 Å². The van der Waals surface area contributed by atoms with E-state index in [9.17, 15) is 27.9 Å². The smallest absolute Gasteiger partial charge is 0.416 e. The van der Waals surface area contributed by atoms with Gasteiger partial charge in [-0.05, 0) is 24.3 Å². The van der Waals surface area contributed by atoms with Crippen molar-refractivity contribution in [2.75, 3.05) is 25.0 Å². The maximum atomic E-state index is 13.0. The summed E-state index contributed by atoms with van der Waals surface area (Å²) in [6, 6.07) is 3.60. The summed E-state index contributed by atoms with van der Waals surface area (Å²) in [5.41, 5.74) is -0.123. The number of ether oxygens (including phenoxy) is 1. The molecule has 10 heteroatoms. The minimum Gasteiger partial charge on any atom is -0.507 e. The summed E-state index contributed by atoms with van der Waals surface area (Å²) >= 11 is 0. The van der Waals surface area contributed by atoms with E-state index in [1.165, 1.54) is 6.07 Å². The van der Waals surface area contributed by atoms with Crippen molar-refractivity contribution in [3.63, 3.8) is 0 Å². The van der Waals surface area contributed by atoms with Crippen molar-refractivity contribution >= 4 is 17.5 Å². The quantitative estimate of drug-likeness (QED) is 0.545. The molecule has 2 amide bonds. The van der Waals surface area contributed by atoms with Crippen LogP contribution in [-0.2, 0) is 9.53 Å². The first kappa shape index (κ1) is 19.7. The molecule has 0 radical (unpaired) electrons. The Hall–Kier alpha value is -2.59. The Kier molecular flexibility index (Phi) is 5.88. The number of phenols is 1. The molecular formula is C16H17F3N2O5. The number of hydrogen-bond donors (Lipinski definition) is 3. The van der Waals surface area contributed by atoms with Crippen LogP contribution in [0.15, 0.2) is 30.9 Å². The van der Waals surface area contributed by atoms with Crippen LogP contribution in [0.2, 0.25) is 0 Å². The third-order valence-electron chi connectivity index (χ3n) is 3.70. The van der Waals surface area contributed by atoms with Crippen molar-refractivity contribution < 1.29 is 37.7 Å². The number of carbonyl (C=O) groups is 2. The number of benzene rings is 1. The highest BCUT2D eigenvalue weighted by atomic mass is 19.4. The maximum absolute atomic E-state index is 13.0. The first-order valence-electron chi connectivity index (χ1n) is 7.54. The predicted molar refractivity (Wildman–Crippen MR) is 84.6 cm³/mol. The normalized spacial score (nSPS) is 20.5. The fourth-order valence-electron chi connectivity index (χ4n) is 2.43. The van der Waals surface area contributed by atoms with E-state index < -0.39 is 49.1 Å². The Balaban J connectivity index is 2.27. The number of aromatic hydroxyl groups is 1. The number of morpholine rings is 1. The van der Waals surface area contributed by atoms with E-state index in [1.54, 1.807) is 0 Å². The van der Waals surface area contributed by atoms with Crippen molar-refractivity contribution in [3.05, 3.63) is 36.4 Å². The van der Waals surface area contributed by atoms with Crippen molar-refractivity contribution in [1.82, 2.24) is 4.90 Å². The standard InChI is InChI=1S/C16H17F3N2O5/c1-2-14(24)20-9-3-4-12(23)11(5-9)15(25)21-6-10(8-22)26-13(7-21)16(17,18)19/h2-5,10,13,22-23H,1,6-8H2,(H,20,24). The maximum Gasteiger partial charge on any atom is 0.416 e. The summed E-state index contributed by atoms with van der Waals surface area (Å²) in [4.78, 5) is 24.8. The van der Waals surface area contributed by atoms with Gasteiger partial charge in [-0.1, -0.05) is 6.58 Å². The third kappa shape index (κ3) is 4.52. The highest BCUT2D eigenvalue weighted by molar-refractivity contribution is 6.02. The average Bonchev–Trinajstić information content (AvgIpc) is 2.61. The van der Waals surface area contributed by atoms with Crippen LogP contribution in [0.5, 0.6) is 5.75 Å². The van der Waals surface area contributed by atoms with Crippen molar-refractivity contribution in [3.8, 4) is 5.75 Å². The van der Waals surface area contributed by atoms with E-state index in [2.05, 4.69) is 11.9 Å². The zero-order valence-corrected chi connectivity index (χ0v) is 13.5. The number of nitrogens with zero attached hydrogens (tertiary/aromatic N) is 1. The number of nitrogens with one attached hydrogen (secondary N) is 1. The van der Waals surface area contributed by atoms with Gasteiger partial charge in [-0.2, -0.15) is 13.2 Å². The molecule has 0 spiro atoms. The molecule has 3 N–H and O–H groups in total. The summed E-state index contributed by atoms with van der Waals surface area (Å²) < 4.78 is 43.6. The van der Waals surface area contributed by atoms with Gasteiger partial charge in [0.25, 0.3) is 5.91 Å². The molecule has 7 nitrogen and oxygen atoms in total. The number of hydrogen-bond acceptors (Lipinski definition) is 5. The van der Waals surface area contributed by atoms with Gasteiger partial charge >= 0.3 is 6.18 Å². The highest BCUT2D eigenvalue weighted by Crippen LogP contribution is 2.30. The van der Waals surface area contributed by atoms with Gasteiger partial charge in [0.1, 0.15) is 5.75 Å². The fraction of sp³-hybridized carbons (Fsp3) is 0.375. The van der Waals surface area contributed by atoms with E-state index in [1.807, 2.05) is 0 Å². The van der Waals surface area contributed by atoms with E-state index in [4.69, 9.17) is 9.84 Å². The number of alkyl halides is 3. The summed E-state index contributed by atoms with van der Waals surface area (Å²) in [6.45, 7) is 1.53. The molecule has 1 aliphatic rings. The molecule has 1 aromatic carbocycles. The monoisotopic (exact) mass is 374 g/mol. The number of aliphatic hydroxyl groups excluding tert-OH is 1. The lowest BCUT2D eigenvalue weighted by atomic mass is 10.1. The number of aliphatic hydroxyl groups is 1. The van der Waals surface area contributed by atoms with E-state index in [-0.39, 0.29) is 17.8 Å². The average molecular weight is 374 g/mol. The predicted octanol–water partition coefficient (Wildman–Crippen LogP) is 1.28. The fourth-order valence-corrected chi connectivity index (χ4v) is 2.43. The number of amides is 2. The molecule has 1 heterocycles. The molecule has 142 valence electrons. The van der Waals surface area contributed by atoms with Gasteiger partial charge in [0.2, 0.25) is 5.91 Å². The third-order valence-corrected chi connectivity index (χ3v) is 3.70. The van der Waals surface area contributed by atoms with Gasteiger partial charge in [-0.25, -0.2) is 0 Å². The van der Waals surface area contributed by atoms with Crippen LogP contribution in [0.3, 0.4) is 0 Å². The van der Waals surface area contributed by atoms with Gasteiger partial charge < -0.3 is 25.2 Å².